The maximum Gasteiger partial charge on any atom is 0.416 e. The van der Waals surface area contributed by atoms with E-state index in [1.165, 1.54) is 19.2 Å². The molecule has 0 fully saturated rings. The Morgan fingerprint density at radius 1 is 1.13 bits per heavy atom. The number of hydrogen-bond donors (Lipinski definition) is 2. The van der Waals surface area contributed by atoms with Crippen LogP contribution in [0, 0.1) is 0 Å². The van der Waals surface area contributed by atoms with Crippen LogP contribution in [0.4, 0.5) is 13.2 Å². The van der Waals surface area contributed by atoms with Gasteiger partial charge in [-0.25, -0.2) is 4.79 Å². The molecule has 7 nitrogen and oxygen atoms in total. The van der Waals surface area contributed by atoms with E-state index in [4.69, 9.17) is 14.9 Å². The first-order chi connectivity index (χ1) is 14.6. The van der Waals surface area contributed by atoms with Crippen molar-refractivity contribution in [2.24, 2.45) is 5.73 Å². The molecule has 0 saturated carbocycles. The minimum absolute atomic E-state index is 0.0820. The van der Waals surface area contributed by atoms with Crippen molar-refractivity contribution in [2.45, 2.75) is 18.6 Å². The number of halogens is 3. The summed E-state index contributed by atoms with van der Waals surface area (Å²) in [6, 6.07) is 8.23. The summed E-state index contributed by atoms with van der Waals surface area (Å²) in [6.07, 6.45) is -4.67. The Balaban J connectivity index is 1.86. The van der Waals surface area contributed by atoms with Gasteiger partial charge in [-0.05, 0) is 42.0 Å². The molecular weight excluding hydrogens is 417 g/mol. The molecule has 3 rings (SSSR count). The highest BCUT2D eigenvalue weighted by Crippen LogP contribution is 2.29. The Hall–Kier alpha value is -3.82. The summed E-state index contributed by atoms with van der Waals surface area (Å²) in [5.41, 5.74) is 4.35. The zero-order valence-corrected chi connectivity index (χ0v) is 16.2. The Morgan fingerprint density at radius 2 is 1.81 bits per heavy atom. The molecule has 2 aromatic carbocycles. The van der Waals surface area contributed by atoms with Gasteiger partial charge in [0.15, 0.2) is 0 Å². The van der Waals surface area contributed by atoms with Crippen molar-refractivity contribution < 1.29 is 31.9 Å². The van der Waals surface area contributed by atoms with Gasteiger partial charge in [-0.2, -0.15) is 13.2 Å². The maximum absolute atomic E-state index is 12.7. The molecule has 3 N–H and O–H groups in total. The van der Waals surface area contributed by atoms with E-state index in [-0.39, 0.29) is 17.6 Å². The van der Waals surface area contributed by atoms with Gasteiger partial charge in [-0.15, -0.1) is 0 Å². The molecule has 2 amide bonds. The van der Waals surface area contributed by atoms with Gasteiger partial charge in [0, 0.05) is 29.5 Å². The number of methoxy groups -OCH3 is 1. The lowest BCUT2D eigenvalue weighted by Gasteiger charge is -2.17. The number of nitrogens with one attached hydrogen (secondary N) is 1. The van der Waals surface area contributed by atoms with Gasteiger partial charge in [-0.3, -0.25) is 9.59 Å². The standard InChI is InChI=1S/C21H17F3N2O5/c1-30-14-6-7-15-12(9-18(27)31-17(15)10-14)8-16(19(25)28)26-20(29)11-2-4-13(5-3-11)21(22,23)24/h2-7,9-10,16H,8H2,1H3,(H2,25,28)(H,26,29)/t16-/m0/s1. The van der Waals surface area contributed by atoms with E-state index >= 15 is 0 Å². The van der Waals surface area contributed by atoms with Crippen LogP contribution in [0.3, 0.4) is 0 Å². The van der Waals surface area contributed by atoms with Gasteiger partial charge in [0.1, 0.15) is 17.4 Å². The molecule has 0 bridgehead atoms. The monoisotopic (exact) mass is 434 g/mol. The zero-order valence-electron chi connectivity index (χ0n) is 16.2. The number of ether oxygens (including phenoxy) is 1. The van der Waals surface area contributed by atoms with Crippen LogP contribution in [-0.2, 0) is 17.4 Å². The van der Waals surface area contributed by atoms with Crippen LogP contribution in [0.5, 0.6) is 5.75 Å². The van der Waals surface area contributed by atoms with Crippen LogP contribution in [0.1, 0.15) is 21.5 Å². The van der Waals surface area contributed by atoms with Gasteiger partial charge in [-0.1, -0.05) is 0 Å². The number of hydrogen-bond acceptors (Lipinski definition) is 5. The Bertz CT molecular complexity index is 1190. The lowest BCUT2D eigenvalue weighted by atomic mass is 10.0. The Morgan fingerprint density at radius 3 is 2.39 bits per heavy atom. The predicted octanol–water partition coefficient (Wildman–Crippen LogP) is 2.65. The lowest BCUT2D eigenvalue weighted by Crippen LogP contribution is -2.46. The predicted molar refractivity (Wildman–Crippen MR) is 105 cm³/mol. The molecular formula is C21H17F3N2O5. The minimum atomic E-state index is -4.54. The molecule has 10 heteroatoms. The summed E-state index contributed by atoms with van der Waals surface area (Å²) >= 11 is 0. The van der Waals surface area contributed by atoms with E-state index in [2.05, 4.69) is 5.32 Å². The largest absolute Gasteiger partial charge is 0.497 e. The van der Waals surface area contributed by atoms with E-state index in [0.29, 0.717) is 16.7 Å². The third-order valence-electron chi connectivity index (χ3n) is 4.58. The Labute approximate surface area is 173 Å². The number of carbonyl (C=O) groups excluding carboxylic acids is 2. The minimum Gasteiger partial charge on any atom is -0.497 e. The first-order valence-corrected chi connectivity index (χ1v) is 8.96. The normalized spacial score (nSPS) is 12.4. The zero-order chi connectivity index (χ0) is 22.8. The molecule has 3 aromatic rings. The summed E-state index contributed by atoms with van der Waals surface area (Å²) in [7, 11) is 1.45. The topological polar surface area (TPSA) is 112 Å². The summed E-state index contributed by atoms with van der Waals surface area (Å²) < 4.78 is 48.3. The molecule has 162 valence electrons. The van der Waals surface area contributed by atoms with Crippen molar-refractivity contribution in [2.75, 3.05) is 7.11 Å². The summed E-state index contributed by atoms with van der Waals surface area (Å²) in [5.74, 6) is -1.21. The second-order valence-electron chi connectivity index (χ2n) is 6.66. The van der Waals surface area contributed by atoms with E-state index in [1.54, 1.807) is 12.1 Å². The Kier molecular flexibility index (Phi) is 6.00. The molecule has 1 aromatic heterocycles. The third-order valence-corrected chi connectivity index (χ3v) is 4.58. The van der Waals surface area contributed by atoms with Gasteiger partial charge < -0.3 is 20.2 Å². The van der Waals surface area contributed by atoms with Gasteiger partial charge in [0.05, 0.1) is 12.7 Å². The van der Waals surface area contributed by atoms with Crippen LogP contribution in [-0.4, -0.2) is 25.0 Å². The van der Waals surface area contributed by atoms with Gasteiger partial charge in [0.2, 0.25) is 5.91 Å². The van der Waals surface area contributed by atoms with Crippen molar-refractivity contribution in [1.82, 2.24) is 5.32 Å². The number of alkyl halides is 3. The highest BCUT2D eigenvalue weighted by atomic mass is 19.4. The van der Waals surface area contributed by atoms with E-state index < -0.39 is 35.2 Å². The van der Waals surface area contributed by atoms with E-state index in [0.717, 1.165) is 24.3 Å². The van der Waals surface area contributed by atoms with Crippen LogP contribution in [0.15, 0.2) is 57.7 Å². The molecule has 0 aliphatic heterocycles. The summed E-state index contributed by atoms with van der Waals surface area (Å²) in [4.78, 5) is 36.3. The SMILES string of the molecule is COc1ccc2c(C[C@H](NC(=O)c3ccc(C(F)(F)F)cc3)C(N)=O)cc(=O)oc2c1. The first kappa shape index (κ1) is 21.9. The maximum atomic E-state index is 12.7. The summed E-state index contributed by atoms with van der Waals surface area (Å²) in [6.45, 7) is 0. The second kappa shape index (κ2) is 8.50. The molecule has 0 aliphatic carbocycles. The molecule has 0 radical (unpaired) electrons. The van der Waals surface area contributed by atoms with Crippen molar-refractivity contribution in [3.63, 3.8) is 0 Å². The fourth-order valence-corrected chi connectivity index (χ4v) is 3.00. The average Bonchev–Trinajstić information content (AvgIpc) is 2.71. The number of benzene rings is 2. The molecule has 31 heavy (non-hydrogen) atoms. The fraction of sp³-hybridized carbons (Fsp3) is 0.190. The van der Waals surface area contributed by atoms with Crippen molar-refractivity contribution in [1.29, 1.82) is 0 Å². The quantitative estimate of drug-likeness (QED) is 0.580. The highest BCUT2D eigenvalue weighted by Gasteiger charge is 2.30. The lowest BCUT2D eigenvalue weighted by molar-refractivity contribution is -0.137. The molecule has 0 aliphatic rings. The van der Waals surface area contributed by atoms with Gasteiger partial charge in [0.25, 0.3) is 5.91 Å². The van der Waals surface area contributed by atoms with Gasteiger partial charge >= 0.3 is 11.8 Å². The van der Waals surface area contributed by atoms with Crippen LogP contribution in [0.2, 0.25) is 0 Å². The van der Waals surface area contributed by atoms with E-state index in [9.17, 15) is 27.6 Å². The summed E-state index contributed by atoms with van der Waals surface area (Å²) in [5, 5.41) is 2.90. The number of nitrogens with two attached hydrogens (primary N) is 1. The molecule has 0 spiro atoms. The van der Waals surface area contributed by atoms with Crippen molar-refractivity contribution >= 4 is 22.8 Å². The van der Waals surface area contributed by atoms with Crippen LogP contribution in [0.25, 0.3) is 11.0 Å². The fourth-order valence-electron chi connectivity index (χ4n) is 3.00. The number of fused-ring (bicyclic) bond motifs is 1. The second-order valence-corrected chi connectivity index (χ2v) is 6.66. The van der Waals surface area contributed by atoms with Crippen LogP contribution < -0.4 is 21.4 Å². The molecule has 0 saturated heterocycles. The third kappa shape index (κ3) is 5.03. The molecule has 0 unspecified atom stereocenters. The number of amides is 2. The number of rotatable bonds is 6. The van der Waals surface area contributed by atoms with Crippen molar-refractivity contribution in [3.8, 4) is 5.75 Å². The first-order valence-electron chi connectivity index (χ1n) is 8.96. The highest BCUT2D eigenvalue weighted by molar-refractivity contribution is 5.97. The molecule has 1 heterocycles. The average molecular weight is 434 g/mol. The molecule has 1 atom stereocenters. The van der Waals surface area contributed by atoms with Crippen molar-refractivity contribution in [3.05, 3.63) is 75.6 Å². The number of primary amides is 1. The van der Waals surface area contributed by atoms with E-state index in [1.807, 2.05) is 0 Å². The smallest absolute Gasteiger partial charge is 0.416 e. The van der Waals surface area contributed by atoms with Crippen LogP contribution >= 0.6 is 0 Å². The number of carbonyl (C=O) groups is 2.